The van der Waals surface area contributed by atoms with Gasteiger partial charge in [0, 0.05) is 0 Å². The van der Waals surface area contributed by atoms with Crippen LogP contribution in [0.15, 0.2) is 0 Å². The van der Waals surface area contributed by atoms with Crippen LogP contribution in [0.4, 0.5) is 8.78 Å². The zero-order valence-electron chi connectivity index (χ0n) is 5.08. The third-order valence-electron chi connectivity index (χ3n) is 0.580. The summed E-state index contributed by atoms with van der Waals surface area (Å²) in [5.41, 5.74) is 0. The van der Waals surface area contributed by atoms with E-state index in [9.17, 15) is 8.78 Å². The molecule has 0 aromatic heterocycles. The van der Waals surface area contributed by atoms with Crippen molar-refractivity contribution in [3.05, 3.63) is 0 Å². The van der Waals surface area contributed by atoms with Crippen molar-refractivity contribution in [2.45, 2.75) is 10.9 Å². The molecule has 0 bridgehead atoms. The van der Waals surface area contributed by atoms with Crippen LogP contribution < -0.4 is 0 Å². The monoisotopic (exact) mass is 222 g/mol. The molecule has 0 aromatic carbocycles. The first-order valence-electron chi connectivity index (χ1n) is 2.38. The summed E-state index contributed by atoms with van der Waals surface area (Å²) in [6, 6.07) is 0. The second-order valence-electron chi connectivity index (χ2n) is 1.38. The maximum Gasteiger partial charge on any atom is 0.436 e. The zero-order chi connectivity index (χ0) is 8.91. The van der Waals surface area contributed by atoms with Gasteiger partial charge in [-0.05, 0) is 5.92 Å². The maximum absolute atomic E-state index is 12.2. The fourth-order valence-corrected chi connectivity index (χ4v) is 0.320. The van der Waals surface area contributed by atoms with Crippen molar-refractivity contribution in [1.82, 2.24) is 0 Å². The van der Waals surface area contributed by atoms with E-state index in [4.69, 9.17) is 34.8 Å². The lowest BCUT2D eigenvalue weighted by molar-refractivity contribution is -0.183. The third-order valence-corrected chi connectivity index (χ3v) is 1.22. The molecule has 0 atom stereocenters. The van der Waals surface area contributed by atoms with Crippen LogP contribution in [-0.4, -0.2) is 16.8 Å². The minimum Gasteiger partial charge on any atom is -0.377 e. The summed E-state index contributed by atoms with van der Waals surface area (Å²) < 4.78 is 28.2. The molecule has 64 valence electrons. The third kappa shape index (κ3) is 4.52. The van der Waals surface area contributed by atoms with Gasteiger partial charge in [-0.1, -0.05) is 23.2 Å². The predicted octanol–water partition coefficient (Wildman–Crippen LogP) is 2.60. The van der Waals surface area contributed by atoms with Gasteiger partial charge in [-0.3, -0.25) is 0 Å². The molecule has 6 heteroatoms. The largest absolute Gasteiger partial charge is 0.436 e. The van der Waals surface area contributed by atoms with Crippen LogP contribution in [0.5, 0.6) is 0 Å². The second kappa shape index (κ2) is 4.87. The van der Waals surface area contributed by atoms with Gasteiger partial charge in [0.05, 0.1) is 5.88 Å². The Morgan fingerprint density at radius 2 is 2.00 bits per heavy atom. The smallest absolute Gasteiger partial charge is 0.377 e. The van der Waals surface area contributed by atoms with Gasteiger partial charge in [-0.2, -0.15) is 8.78 Å². The Kier molecular flexibility index (Phi) is 4.91. The molecule has 0 unspecified atom stereocenters. The van der Waals surface area contributed by atoms with Crippen molar-refractivity contribution in [1.29, 1.82) is 0 Å². The van der Waals surface area contributed by atoms with Gasteiger partial charge in [-0.25, -0.2) is 0 Å². The van der Waals surface area contributed by atoms with Crippen molar-refractivity contribution in [2.75, 3.05) is 5.88 Å². The molecular weight excluding hydrogens is 220 g/mol. The van der Waals surface area contributed by atoms with E-state index in [1.807, 2.05) is 0 Å². The number of hydrogen-bond acceptors (Lipinski definition) is 1. The highest BCUT2D eigenvalue weighted by atomic mass is 35.5. The number of alkyl halides is 5. The molecule has 11 heavy (non-hydrogen) atoms. The molecule has 0 aliphatic heterocycles. The molecule has 0 saturated heterocycles. The fraction of sp³-hybridized carbons (Fsp3) is 0.600. The first-order chi connectivity index (χ1) is 5.00. The van der Waals surface area contributed by atoms with E-state index >= 15 is 0 Å². The summed E-state index contributed by atoms with van der Waals surface area (Å²) in [6.45, 7) is 0. The van der Waals surface area contributed by atoms with Crippen molar-refractivity contribution in [2.24, 2.45) is 0 Å². The van der Waals surface area contributed by atoms with Crippen LogP contribution in [0.1, 0.15) is 0 Å². The molecule has 0 radical (unpaired) electrons. The van der Waals surface area contributed by atoms with E-state index in [2.05, 4.69) is 10.7 Å². The van der Waals surface area contributed by atoms with E-state index in [0.717, 1.165) is 0 Å². The maximum atomic E-state index is 12.2. The van der Waals surface area contributed by atoms with Crippen molar-refractivity contribution >= 4 is 34.8 Å². The highest BCUT2D eigenvalue weighted by Gasteiger charge is 2.39. The zero-order valence-corrected chi connectivity index (χ0v) is 7.35. The average molecular weight is 223 g/mol. The highest BCUT2D eigenvalue weighted by molar-refractivity contribution is 6.44. The second-order valence-corrected chi connectivity index (χ2v) is 2.74. The Labute approximate surface area is 77.6 Å². The van der Waals surface area contributed by atoms with Crippen LogP contribution in [0.2, 0.25) is 0 Å². The molecule has 0 rings (SSSR count). The summed E-state index contributed by atoms with van der Waals surface area (Å²) in [5, 5.41) is 0. The van der Waals surface area contributed by atoms with Crippen molar-refractivity contribution in [3.63, 3.8) is 0 Å². The highest BCUT2D eigenvalue weighted by Crippen LogP contribution is 2.27. The summed E-state index contributed by atoms with van der Waals surface area (Å²) in [5.74, 6) is 1.96. The Bertz CT molecular complexity index is 172. The van der Waals surface area contributed by atoms with E-state index in [-0.39, 0.29) is 5.88 Å². The lowest BCUT2D eigenvalue weighted by atomic mass is 10.7. The number of hydrogen-bond donors (Lipinski definition) is 0. The molecule has 0 aliphatic rings. The standard InChI is InChI=1S/C5H3Cl3F2O/c6-2-1-3-11-5(9,10)4(7)8/h4H,2H2. The summed E-state index contributed by atoms with van der Waals surface area (Å²) in [6.07, 6.45) is -1.99. The fourth-order valence-electron chi connectivity index (χ4n) is 0.176. The molecule has 0 saturated carbocycles. The molecule has 0 aliphatic carbocycles. The minimum absolute atomic E-state index is 0.0919. The van der Waals surface area contributed by atoms with E-state index in [0.29, 0.717) is 0 Å². The summed E-state index contributed by atoms with van der Waals surface area (Å²) in [4.78, 5) is -1.94. The Morgan fingerprint density at radius 3 is 2.36 bits per heavy atom. The van der Waals surface area contributed by atoms with Crippen molar-refractivity contribution < 1.29 is 13.5 Å². The Hall–Kier alpha value is 0.0900. The first-order valence-corrected chi connectivity index (χ1v) is 3.79. The van der Waals surface area contributed by atoms with Gasteiger partial charge in [-0.15, -0.1) is 11.6 Å². The number of rotatable bonds is 2. The van der Waals surface area contributed by atoms with Crippen LogP contribution in [-0.2, 0) is 4.74 Å². The number of ether oxygens (including phenoxy) is 1. The molecule has 1 nitrogen and oxygen atoms in total. The quantitative estimate of drug-likeness (QED) is 0.516. The first kappa shape index (κ1) is 11.1. The summed E-state index contributed by atoms with van der Waals surface area (Å²) >= 11 is 14.7. The molecule has 0 heterocycles. The minimum atomic E-state index is -3.65. The normalized spacial score (nSPS) is 10.7. The molecule has 0 amide bonds. The van der Waals surface area contributed by atoms with Gasteiger partial charge in [0.1, 0.15) is 6.11 Å². The SMILES string of the molecule is FC(F)(OC#CCCl)C(Cl)Cl. The lowest BCUT2D eigenvalue weighted by Gasteiger charge is -2.12. The predicted molar refractivity (Wildman–Crippen MR) is 40.0 cm³/mol. The van der Waals surface area contributed by atoms with Crippen molar-refractivity contribution in [3.8, 4) is 12.0 Å². The molecule has 0 fully saturated rings. The van der Waals surface area contributed by atoms with E-state index in [1.165, 1.54) is 0 Å². The van der Waals surface area contributed by atoms with Gasteiger partial charge in [0.2, 0.25) is 4.84 Å². The summed E-state index contributed by atoms with van der Waals surface area (Å²) in [7, 11) is 0. The van der Waals surface area contributed by atoms with Crippen LogP contribution in [0, 0.1) is 12.0 Å². The van der Waals surface area contributed by atoms with Gasteiger partial charge < -0.3 is 4.74 Å². The molecular formula is C5H3Cl3F2O. The van der Waals surface area contributed by atoms with Gasteiger partial charge in [0.25, 0.3) is 0 Å². The van der Waals surface area contributed by atoms with E-state index < -0.39 is 10.9 Å². The topological polar surface area (TPSA) is 9.23 Å². The molecule has 0 aromatic rings. The average Bonchev–Trinajstić information content (AvgIpc) is 1.88. The Morgan fingerprint density at radius 1 is 1.45 bits per heavy atom. The Balaban J connectivity index is 3.92. The van der Waals surface area contributed by atoms with Gasteiger partial charge >= 0.3 is 6.11 Å². The molecule has 0 spiro atoms. The number of halogens is 5. The van der Waals surface area contributed by atoms with E-state index in [1.54, 1.807) is 6.11 Å². The molecule has 0 N–H and O–H groups in total. The van der Waals surface area contributed by atoms with Gasteiger partial charge in [0.15, 0.2) is 0 Å². The van der Waals surface area contributed by atoms with Crippen LogP contribution in [0.25, 0.3) is 0 Å². The van der Waals surface area contributed by atoms with Crippen LogP contribution in [0.3, 0.4) is 0 Å². The van der Waals surface area contributed by atoms with Crippen LogP contribution >= 0.6 is 34.8 Å². The lowest BCUT2D eigenvalue weighted by Crippen LogP contribution is -2.26.